The second kappa shape index (κ2) is 8.14. The third kappa shape index (κ3) is 4.81. The molecule has 0 heterocycles. The first-order valence-corrected chi connectivity index (χ1v) is 8.30. The first-order valence-electron chi connectivity index (χ1n) is 7.92. The third-order valence-electron chi connectivity index (χ3n) is 3.88. The van der Waals surface area contributed by atoms with E-state index in [1.54, 1.807) is 12.1 Å². The molecule has 0 spiro atoms. The number of aryl methyl sites for hydroxylation is 1. The van der Waals surface area contributed by atoms with Crippen molar-refractivity contribution in [2.24, 2.45) is 0 Å². The first kappa shape index (κ1) is 17.5. The number of carbonyl (C=O) groups is 1. The van der Waals surface area contributed by atoms with Crippen LogP contribution >= 0.6 is 11.6 Å². The number of carbonyl (C=O) groups excluding carboxylic acids is 1. The van der Waals surface area contributed by atoms with Crippen LogP contribution in [0.2, 0.25) is 5.02 Å². The van der Waals surface area contributed by atoms with Gasteiger partial charge in [0.25, 0.3) is 5.91 Å². The van der Waals surface area contributed by atoms with Gasteiger partial charge in [-0.1, -0.05) is 43.6 Å². The topological polar surface area (TPSA) is 32.3 Å². The third-order valence-corrected chi connectivity index (χ3v) is 4.19. The number of hydrogen-bond acceptors (Lipinski definition) is 2. The fourth-order valence-electron chi connectivity index (χ4n) is 2.40. The van der Waals surface area contributed by atoms with E-state index in [1.165, 1.54) is 5.56 Å². The van der Waals surface area contributed by atoms with E-state index in [1.807, 2.05) is 37.3 Å². The number of nitrogens with zero attached hydrogens (tertiary/aromatic N) is 1. The smallest absolute Gasteiger partial charge is 0.257 e. The average molecular weight is 331 g/mol. The van der Waals surface area contributed by atoms with Crippen LogP contribution in [0.3, 0.4) is 0 Å². The number of nitrogens with one attached hydrogen (secondary N) is 1. The lowest BCUT2D eigenvalue weighted by Crippen LogP contribution is -2.22. The Hall–Kier alpha value is -1.84. The van der Waals surface area contributed by atoms with Crippen molar-refractivity contribution in [1.82, 2.24) is 4.90 Å². The quantitative estimate of drug-likeness (QED) is 0.829. The van der Waals surface area contributed by atoms with E-state index >= 15 is 0 Å². The number of rotatable bonds is 6. The molecule has 0 atom stereocenters. The minimum atomic E-state index is -0.188. The molecule has 0 radical (unpaired) electrons. The average Bonchev–Trinajstić information content (AvgIpc) is 2.54. The molecule has 0 aliphatic heterocycles. The highest BCUT2D eigenvalue weighted by Crippen LogP contribution is 2.19. The Morgan fingerprint density at radius 2 is 1.74 bits per heavy atom. The molecule has 2 aromatic carbocycles. The molecule has 0 saturated carbocycles. The number of amides is 1. The SMILES string of the molecule is CCN(CC)Cc1ccc(NC(=O)c2ccc(C)cc2Cl)cc1. The van der Waals surface area contributed by atoms with E-state index in [2.05, 4.69) is 24.1 Å². The number of anilines is 1. The van der Waals surface area contributed by atoms with E-state index < -0.39 is 0 Å². The van der Waals surface area contributed by atoms with Crippen LogP contribution in [0.15, 0.2) is 42.5 Å². The van der Waals surface area contributed by atoms with Gasteiger partial charge < -0.3 is 5.32 Å². The van der Waals surface area contributed by atoms with Crippen molar-refractivity contribution in [3.8, 4) is 0 Å². The maximum atomic E-state index is 12.3. The van der Waals surface area contributed by atoms with Crippen molar-refractivity contribution in [1.29, 1.82) is 0 Å². The standard InChI is InChI=1S/C19H23ClN2O/c1-4-22(5-2)13-15-7-9-16(10-8-15)21-19(23)17-11-6-14(3)12-18(17)20/h6-12H,4-5,13H2,1-3H3,(H,21,23). The predicted molar refractivity (Wildman–Crippen MR) is 97.2 cm³/mol. The van der Waals surface area contributed by atoms with Gasteiger partial charge in [0.15, 0.2) is 0 Å². The summed E-state index contributed by atoms with van der Waals surface area (Å²) in [6, 6.07) is 13.4. The van der Waals surface area contributed by atoms with Gasteiger partial charge in [-0.2, -0.15) is 0 Å². The number of halogens is 1. The van der Waals surface area contributed by atoms with Gasteiger partial charge in [-0.3, -0.25) is 9.69 Å². The lowest BCUT2D eigenvalue weighted by molar-refractivity contribution is 0.102. The second-order valence-electron chi connectivity index (χ2n) is 5.60. The van der Waals surface area contributed by atoms with Crippen molar-refractivity contribution in [2.75, 3.05) is 18.4 Å². The van der Waals surface area contributed by atoms with Crippen LogP contribution in [-0.2, 0) is 6.54 Å². The summed E-state index contributed by atoms with van der Waals surface area (Å²) < 4.78 is 0. The molecule has 0 aromatic heterocycles. The van der Waals surface area contributed by atoms with Gasteiger partial charge in [0.1, 0.15) is 0 Å². The summed E-state index contributed by atoms with van der Waals surface area (Å²) in [6.07, 6.45) is 0. The number of benzene rings is 2. The Balaban J connectivity index is 2.04. The zero-order valence-corrected chi connectivity index (χ0v) is 14.7. The van der Waals surface area contributed by atoms with E-state index in [4.69, 9.17) is 11.6 Å². The highest BCUT2D eigenvalue weighted by atomic mass is 35.5. The van der Waals surface area contributed by atoms with Gasteiger partial charge >= 0.3 is 0 Å². The van der Waals surface area contributed by atoms with E-state index in [0.717, 1.165) is 30.9 Å². The Bertz CT molecular complexity index is 664. The van der Waals surface area contributed by atoms with Crippen LogP contribution in [-0.4, -0.2) is 23.9 Å². The maximum Gasteiger partial charge on any atom is 0.257 e. The summed E-state index contributed by atoms with van der Waals surface area (Å²) in [5.74, 6) is -0.188. The molecule has 0 bridgehead atoms. The van der Waals surface area contributed by atoms with Gasteiger partial charge in [0.2, 0.25) is 0 Å². The summed E-state index contributed by atoms with van der Waals surface area (Å²) in [4.78, 5) is 14.6. The molecule has 1 amide bonds. The zero-order chi connectivity index (χ0) is 16.8. The van der Waals surface area contributed by atoms with Crippen LogP contribution < -0.4 is 5.32 Å². The Labute approximate surface area is 143 Å². The molecule has 0 aliphatic carbocycles. The highest BCUT2D eigenvalue weighted by Gasteiger charge is 2.10. The zero-order valence-electron chi connectivity index (χ0n) is 13.9. The molecule has 0 aliphatic rings. The maximum absolute atomic E-state index is 12.3. The normalized spacial score (nSPS) is 10.8. The van der Waals surface area contributed by atoms with E-state index in [0.29, 0.717) is 10.6 Å². The van der Waals surface area contributed by atoms with Crippen molar-refractivity contribution in [2.45, 2.75) is 27.3 Å². The molecule has 2 rings (SSSR count). The molecule has 23 heavy (non-hydrogen) atoms. The molecule has 0 saturated heterocycles. The van der Waals surface area contributed by atoms with Crippen LogP contribution in [0.5, 0.6) is 0 Å². The van der Waals surface area contributed by atoms with Crippen molar-refractivity contribution in [3.05, 3.63) is 64.2 Å². The fraction of sp³-hybridized carbons (Fsp3) is 0.316. The Kier molecular flexibility index (Phi) is 6.20. The Morgan fingerprint density at radius 3 is 2.30 bits per heavy atom. The van der Waals surface area contributed by atoms with Gasteiger partial charge in [0, 0.05) is 12.2 Å². The van der Waals surface area contributed by atoms with Gasteiger partial charge in [-0.15, -0.1) is 0 Å². The second-order valence-corrected chi connectivity index (χ2v) is 6.00. The molecule has 4 heteroatoms. The van der Waals surface area contributed by atoms with Gasteiger partial charge in [0.05, 0.1) is 10.6 Å². The molecular formula is C19H23ClN2O. The number of hydrogen-bond donors (Lipinski definition) is 1. The minimum Gasteiger partial charge on any atom is -0.322 e. The molecule has 0 unspecified atom stereocenters. The van der Waals surface area contributed by atoms with Gasteiger partial charge in [-0.25, -0.2) is 0 Å². The predicted octanol–water partition coefficient (Wildman–Crippen LogP) is 4.74. The van der Waals surface area contributed by atoms with Crippen LogP contribution in [0.25, 0.3) is 0 Å². The summed E-state index contributed by atoms with van der Waals surface area (Å²) in [6.45, 7) is 9.24. The highest BCUT2D eigenvalue weighted by molar-refractivity contribution is 6.34. The lowest BCUT2D eigenvalue weighted by Gasteiger charge is -2.18. The van der Waals surface area contributed by atoms with Crippen LogP contribution in [0, 0.1) is 6.92 Å². The van der Waals surface area contributed by atoms with Crippen molar-refractivity contribution < 1.29 is 4.79 Å². The summed E-state index contributed by atoms with van der Waals surface area (Å²) in [5.41, 5.74) is 3.53. The molecule has 122 valence electrons. The lowest BCUT2D eigenvalue weighted by atomic mass is 10.1. The van der Waals surface area contributed by atoms with E-state index in [9.17, 15) is 4.79 Å². The summed E-state index contributed by atoms with van der Waals surface area (Å²) >= 11 is 6.14. The monoisotopic (exact) mass is 330 g/mol. The van der Waals surface area contributed by atoms with Crippen molar-refractivity contribution >= 4 is 23.2 Å². The fourth-order valence-corrected chi connectivity index (χ4v) is 2.72. The largest absolute Gasteiger partial charge is 0.322 e. The summed E-state index contributed by atoms with van der Waals surface area (Å²) in [5, 5.41) is 3.36. The first-order chi connectivity index (χ1) is 11.0. The molecule has 1 N–H and O–H groups in total. The minimum absolute atomic E-state index is 0.188. The van der Waals surface area contributed by atoms with Crippen LogP contribution in [0.4, 0.5) is 5.69 Å². The van der Waals surface area contributed by atoms with Crippen LogP contribution in [0.1, 0.15) is 35.3 Å². The molecule has 0 fully saturated rings. The molecule has 2 aromatic rings. The van der Waals surface area contributed by atoms with Crippen molar-refractivity contribution in [3.63, 3.8) is 0 Å². The van der Waals surface area contributed by atoms with Gasteiger partial charge in [-0.05, 0) is 55.4 Å². The molecule has 3 nitrogen and oxygen atoms in total. The molecular weight excluding hydrogens is 308 g/mol. The Morgan fingerprint density at radius 1 is 1.09 bits per heavy atom. The summed E-state index contributed by atoms with van der Waals surface area (Å²) in [7, 11) is 0. The van der Waals surface area contributed by atoms with E-state index in [-0.39, 0.29) is 5.91 Å².